The van der Waals surface area contributed by atoms with Crippen LogP contribution < -0.4 is 26.0 Å². The number of benzene rings is 2. The average molecular weight is 811 g/mol. The van der Waals surface area contributed by atoms with E-state index in [4.69, 9.17) is 18.6 Å². The van der Waals surface area contributed by atoms with Gasteiger partial charge in [0.2, 0.25) is 17.7 Å². The summed E-state index contributed by atoms with van der Waals surface area (Å²) in [6.07, 6.45) is 5.22. The molecule has 4 N–H and O–H groups in total. The third kappa shape index (κ3) is 16.7. The molecule has 0 aliphatic carbocycles. The first-order valence-corrected chi connectivity index (χ1v) is 22.6. The SMILES string of the molecule is COC(=O)[C@@H](C)[C@@H](C/C=C\CCCOCc1ccc(OC)cc1)NC(=O)[C@@H](Cc1ccccc1)NC(=O)[C@@H](C)NC(=O)[C@H](NC(=O)O[Si](C)(C)C(C)(C)C)C(C)C. The van der Waals surface area contributed by atoms with Gasteiger partial charge in [-0.3, -0.25) is 19.2 Å². The molecule has 2 aromatic carbocycles. The van der Waals surface area contributed by atoms with Crippen molar-refractivity contribution in [2.24, 2.45) is 11.8 Å². The van der Waals surface area contributed by atoms with E-state index in [0.29, 0.717) is 19.6 Å². The molecule has 316 valence electrons. The van der Waals surface area contributed by atoms with Crippen molar-refractivity contribution in [1.82, 2.24) is 21.3 Å². The standard InChI is InChI=1S/C43H66N4O9Si/c1-29(2)37(47-42(52)56-57(10,11)43(5,6)7)40(50)44-31(4)38(48)46-36(27-32-19-15-14-16-20-32)39(49)45-35(30(3)41(51)54-9)21-17-12-13-18-26-55-28-33-22-24-34(53-8)25-23-33/h12,14-17,19-20,22-25,29-31,35-37H,13,18,21,26-28H2,1-11H3,(H,44,50)(H,45,49)(H,46,48)(H,47,52)/b17-12-/t30-,31+,35+,36+,37+/m0/s1. The lowest BCUT2D eigenvalue weighted by molar-refractivity contribution is -0.146. The number of nitrogens with one attached hydrogen (secondary N) is 4. The molecule has 0 aromatic heterocycles. The first kappa shape index (κ1) is 48.5. The van der Waals surface area contributed by atoms with Gasteiger partial charge in [-0.2, -0.15) is 0 Å². The summed E-state index contributed by atoms with van der Waals surface area (Å²) >= 11 is 0. The molecular formula is C43H66N4O9Si. The number of carbonyl (C=O) groups is 5. The van der Waals surface area contributed by atoms with Crippen LogP contribution in [0.5, 0.6) is 5.75 Å². The summed E-state index contributed by atoms with van der Waals surface area (Å²) in [5, 5.41) is 10.9. The molecule has 2 rings (SSSR count). The third-order valence-corrected chi connectivity index (χ3v) is 14.5. The molecule has 4 amide bonds. The summed E-state index contributed by atoms with van der Waals surface area (Å²) in [4.78, 5) is 66.5. The monoisotopic (exact) mass is 810 g/mol. The van der Waals surface area contributed by atoms with Gasteiger partial charge in [-0.25, -0.2) is 4.79 Å². The number of unbranched alkanes of at least 4 members (excludes halogenated alkanes) is 1. The van der Waals surface area contributed by atoms with E-state index in [1.807, 2.05) is 101 Å². The van der Waals surface area contributed by atoms with Crippen molar-refractivity contribution in [3.63, 3.8) is 0 Å². The first-order chi connectivity index (χ1) is 26.8. The molecule has 13 nitrogen and oxygen atoms in total. The van der Waals surface area contributed by atoms with Gasteiger partial charge in [-0.05, 0) is 80.4 Å². The Morgan fingerprint density at radius 3 is 2.00 bits per heavy atom. The highest BCUT2D eigenvalue weighted by Gasteiger charge is 2.41. The third-order valence-electron chi connectivity index (χ3n) is 10.2. The number of ether oxygens (including phenoxy) is 3. The maximum Gasteiger partial charge on any atom is 0.394 e. The van der Waals surface area contributed by atoms with E-state index >= 15 is 0 Å². The Kier molecular flexibility index (Phi) is 20.0. The Labute approximate surface area is 340 Å². The van der Waals surface area contributed by atoms with Crippen LogP contribution in [-0.2, 0) is 46.1 Å². The van der Waals surface area contributed by atoms with Crippen molar-refractivity contribution in [2.45, 2.75) is 123 Å². The zero-order valence-corrected chi connectivity index (χ0v) is 36.7. The minimum absolute atomic E-state index is 0.153. The number of esters is 1. The number of hydrogen-bond acceptors (Lipinski definition) is 9. The molecule has 0 heterocycles. The van der Waals surface area contributed by atoms with Gasteiger partial charge in [-0.15, -0.1) is 0 Å². The van der Waals surface area contributed by atoms with Crippen LogP contribution in [0.1, 0.15) is 78.9 Å². The van der Waals surface area contributed by atoms with Crippen molar-refractivity contribution >= 4 is 38.1 Å². The highest BCUT2D eigenvalue weighted by atomic mass is 28.4. The maximum atomic E-state index is 13.9. The van der Waals surface area contributed by atoms with Crippen molar-refractivity contribution in [2.75, 3.05) is 20.8 Å². The van der Waals surface area contributed by atoms with Crippen LogP contribution in [0.25, 0.3) is 0 Å². The zero-order valence-electron chi connectivity index (χ0n) is 35.7. The Morgan fingerprint density at radius 1 is 0.772 bits per heavy atom. The van der Waals surface area contributed by atoms with E-state index < -0.39 is 68.2 Å². The minimum Gasteiger partial charge on any atom is -0.504 e. The smallest absolute Gasteiger partial charge is 0.394 e. The van der Waals surface area contributed by atoms with Gasteiger partial charge in [0.1, 0.15) is 23.9 Å². The maximum absolute atomic E-state index is 13.9. The summed E-state index contributed by atoms with van der Waals surface area (Å²) in [7, 11) is 0.468. The van der Waals surface area contributed by atoms with Gasteiger partial charge in [-0.1, -0.05) is 89.2 Å². The van der Waals surface area contributed by atoms with E-state index in [2.05, 4.69) is 21.3 Å². The van der Waals surface area contributed by atoms with Crippen LogP contribution >= 0.6 is 0 Å². The Bertz CT molecular complexity index is 1610. The molecule has 0 radical (unpaired) electrons. The second-order valence-corrected chi connectivity index (χ2v) is 20.9. The van der Waals surface area contributed by atoms with Gasteiger partial charge in [0.05, 0.1) is 26.7 Å². The van der Waals surface area contributed by atoms with Gasteiger partial charge in [0.15, 0.2) is 0 Å². The fourth-order valence-electron chi connectivity index (χ4n) is 5.40. The van der Waals surface area contributed by atoms with Crippen molar-refractivity contribution in [1.29, 1.82) is 0 Å². The largest absolute Gasteiger partial charge is 0.504 e. The fourth-order valence-corrected chi connectivity index (χ4v) is 6.23. The lowest BCUT2D eigenvalue weighted by atomic mass is 9.97. The molecule has 14 heteroatoms. The van der Waals surface area contributed by atoms with Gasteiger partial charge < -0.3 is 39.9 Å². The fraction of sp³-hybridized carbons (Fsp3) is 0.558. The van der Waals surface area contributed by atoms with E-state index in [1.54, 1.807) is 27.9 Å². The molecule has 0 unspecified atom stereocenters. The molecular weight excluding hydrogens is 745 g/mol. The number of rotatable bonds is 22. The topological polar surface area (TPSA) is 170 Å². The molecule has 0 saturated heterocycles. The van der Waals surface area contributed by atoms with E-state index in [9.17, 15) is 24.0 Å². The van der Waals surface area contributed by atoms with Crippen molar-refractivity contribution < 1.29 is 42.6 Å². The Morgan fingerprint density at radius 2 is 1.42 bits per heavy atom. The quantitative estimate of drug-likeness (QED) is 0.0467. The normalized spacial score (nSPS) is 14.5. The number of amides is 4. The summed E-state index contributed by atoms with van der Waals surface area (Å²) in [5.41, 5.74) is 1.85. The number of methoxy groups -OCH3 is 2. The molecule has 5 atom stereocenters. The molecule has 0 bridgehead atoms. The molecule has 2 aromatic rings. The molecule has 0 spiro atoms. The van der Waals surface area contributed by atoms with Gasteiger partial charge in [0.25, 0.3) is 8.32 Å². The number of carbonyl (C=O) groups excluding carboxylic acids is 5. The van der Waals surface area contributed by atoms with Crippen molar-refractivity contribution in [3.8, 4) is 5.75 Å². The highest BCUT2D eigenvalue weighted by molar-refractivity contribution is 6.75. The predicted molar refractivity (Wildman–Crippen MR) is 224 cm³/mol. The molecule has 0 saturated carbocycles. The average Bonchev–Trinajstić information content (AvgIpc) is 3.16. The lowest BCUT2D eigenvalue weighted by Gasteiger charge is -2.36. The number of allylic oxidation sites excluding steroid dienone is 1. The second-order valence-electron chi connectivity index (χ2n) is 16.2. The summed E-state index contributed by atoms with van der Waals surface area (Å²) in [5.74, 6) is -2.36. The first-order valence-electron chi connectivity index (χ1n) is 19.7. The van der Waals surface area contributed by atoms with Crippen molar-refractivity contribution in [3.05, 3.63) is 77.9 Å². The lowest BCUT2D eigenvalue weighted by Crippen LogP contribution is -2.58. The molecule has 57 heavy (non-hydrogen) atoms. The van der Waals surface area contributed by atoms with Crippen LogP contribution in [0.2, 0.25) is 18.1 Å². The Hall–Kier alpha value is -4.69. The van der Waals surface area contributed by atoms with E-state index in [-0.39, 0.29) is 17.4 Å². The minimum atomic E-state index is -2.45. The zero-order chi connectivity index (χ0) is 42.8. The summed E-state index contributed by atoms with van der Waals surface area (Å²) in [6, 6.07) is 13.2. The highest BCUT2D eigenvalue weighted by Crippen LogP contribution is 2.36. The summed E-state index contributed by atoms with van der Waals surface area (Å²) in [6.45, 7) is 17.7. The van der Waals surface area contributed by atoms with Gasteiger partial charge in [0, 0.05) is 19.1 Å². The molecule has 0 fully saturated rings. The summed E-state index contributed by atoms with van der Waals surface area (Å²) < 4.78 is 21.8. The van der Waals surface area contributed by atoms with Gasteiger partial charge >= 0.3 is 12.1 Å². The van der Waals surface area contributed by atoms with E-state index in [1.165, 1.54) is 14.0 Å². The molecule has 0 aliphatic heterocycles. The van der Waals surface area contributed by atoms with Crippen LogP contribution in [0.4, 0.5) is 4.79 Å². The van der Waals surface area contributed by atoms with E-state index in [0.717, 1.165) is 29.7 Å². The predicted octanol–water partition coefficient (Wildman–Crippen LogP) is 6.22. The number of hydrogen-bond donors (Lipinski definition) is 4. The van der Waals surface area contributed by atoms with Crippen LogP contribution in [0.3, 0.4) is 0 Å². The van der Waals surface area contributed by atoms with Crippen LogP contribution in [0, 0.1) is 11.8 Å². The second kappa shape index (κ2) is 23.5. The Balaban J connectivity index is 2.10. The van der Waals surface area contributed by atoms with Crippen LogP contribution in [-0.4, -0.2) is 83.1 Å². The van der Waals surface area contributed by atoms with Crippen LogP contribution in [0.15, 0.2) is 66.7 Å². The molecule has 0 aliphatic rings.